The molecular formula is C46H33N3Si. The van der Waals surface area contributed by atoms with Crippen molar-refractivity contribution in [2.24, 2.45) is 0 Å². The van der Waals surface area contributed by atoms with E-state index in [1.807, 2.05) is 78.9 Å². The van der Waals surface area contributed by atoms with Crippen molar-refractivity contribution in [3.05, 3.63) is 188 Å². The summed E-state index contributed by atoms with van der Waals surface area (Å²) in [7, 11) is -3.09. The smallest absolute Gasteiger partial charge is 0.180 e. The van der Waals surface area contributed by atoms with Gasteiger partial charge in [0, 0.05) is 20.8 Å². The highest BCUT2D eigenvalue weighted by Gasteiger charge is 2.46. The molecule has 0 bridgehead atoms. The third kappa shape index (κ3) is 4.92. The van der Waals surface area contributed by atoms with Gasteiger partial charge in [-0.25, -0.2) is 15.0 Å². The Morgan fingerprint density at radius 3 is 1.30 bits per heavy atom. The molecule has 0 unspecified atom stereocenters. The van der Waals surface area contributed by atoms with Crippen molar-refractivity contribution in [2.45, 2.75) is 6.85 Å². The second-order valence-corrected chi connectivity index (χ2v) is 16.3. The first-order valence-corrected chi connectivity index (χ1v) is 18.8. The highest BCUT2D eigenvalue weighted by molar-refractivity contribution is 7.21. The van der Waals surface area contributed by atoms with Gasteiger partial charge in [0.1, 0.15) is 0 Å². The minimum absolute atomic E-state index is 0.328. The predicted molar refractivity (Wildman–Crippen MR) is 209 cm³/mol. The molecule has 0 atom stereocenters. The Hall–Kier alpha value is -6.23. The maximum atomic E-state index is 8.39. The van der Waals surface area contributed by atoms with Crippen molar-refractivity contribution < 1.29 is 4.11 Å². The molecule has 4 heteroatoms. The van der Waals surface area contributed by atoms with Crippen molar-refractivity contribution in [1.82, 2.24) is 15.0 Å². The van der Waals surface area contributed by atoms with Gasteiger partial charge in [-0.2, -0.15) is 0 Å². The molecular weight excluding hydrogens is 623 g/mol. The fourth-order valence-electron chi connectivity index (χ4n) is 7.53. The van der Waals surface area contributed by atoms with E-state index >= 15 is 0 Å². The number of fused-ring (bicyclic) bond motifs is 5. The molecule has 1 aromatic heterocycles. The molecule has 9 rings (SSSR count). The van der Waals surface area contributed by atoms with E-state index in [2.05, 4.69) is 103 Å². The van der Waals surface area contributed by atoms with Crippen LogP contribution in [0.15, 0.2) is 182 Å². The van der Waals surface area contributed by atoms with Gasteiger partial charge in [-0.1, -0.05) is 181 Å². The summed E-state index contributed by atoms with van der Waals surface area (Å²) < 4.78 is 25.2. The first-order valence-electron chi connectivity index (χ1n) is 18.3. The molecule has 0 amide bonds. The molecule has 0 radical (unpaired) electrons. The van der Waals surface area contributed by atoms with E-state index in [0.29, 0.717) is 23.0 Å². The number of benzene rings is 7. The quantitative estimate of drug-likeness (QED) is 0.175. The molecule has 0 spiro atoms. The minimum atomic E-state index is -3.09. The number of aromatic nitrogens is 3. The van der Waals surface area contributed by atoms with E-state index in [1.54, 1.807) is 0 Å². The predicted octanol–water partition coefficient (Wildman–Crippen LogP) is 8.21. The molecule has 0 saturated heterocycles. The molecule has 8 aromatic rings. The van der Waals surface area contributed by atoms with E-state index in [-0.39, 0.29) is 0 Å². The first kappa shape index (κ1) is 26.7. The topological polar surface area (TPSA) is 38.7 Å². The second-order valence-electron chi connectivity index (χ2n) is 12.6. The molecule has 0 N–H and O–H groups in total. The number of hydrogen-bond donors (Lipinski definition) is 0. The number of hydrogen-bond acceptors (Lipinski definition) is 3. The molecule has 0 saturated carbocycles. The van der Waals surface area contributed by atoms with Gasteiger partial charge >= 0.3 is 0 Å². The van der Waals surface area contributed by atoms with E-state index in [4.69, 9.17) is 19.1 Å². The maximum absolute atomic E-state index is 8.39. The third-order valence-electron chi connectivity index (χ3n) is 9.73. The molecule has 236 valence electrons. The Balaban J connectivity index is 1.38. The molecule has 0 aliphatic carbocycles. The molecule has 1 aliphatic rings. The standard InChI is InChI=1S/C46H33N3Si/c1-32-26-28-42-40(30-32)38-24-14-15-25-39(38)41-31-35(27-29-43(41)50(42,36-20-10-4-11-21-36)37-22-12-5-13-23-37)46-48-44(33-16-6-2-7-17-33)47-45(49-46)34-18-8-3-9-19-34/h2-31H,1H3/i1D3. The van der Waals surface area contributed by atoms with E-state index < -0.39 is 14.9 Å². The van der Waals surface area contributed by atoms with Gasteiger partial charge in [-0.05, 0) is 55.9 Å². The summed E-state index contributed by atoms with van der Waals surface area (Å²) >= 11 is 0. The zero-order valence-electron chi connectivity index (χ0n) is 30.2. The lowest BCUT2D eigenvalue weighted by Crippen LogP contribution is -2.75. The monoisotopic (exact) mass is 658 g/mol. The molecule has 3 nitrogen and oxygen atoms in total. The van der Waals surface area contributed by atoms with Crippen LogP contribution in [0.25, 0.3) is 56.4 Å². The third-order valence-corrected chi connectivity index (χ3v) is 14.6. The Labute approximate surface area is 297 Å². The van der Waals surface area contributed by atoms with Gasteiger partial charge in [-0.3, -0.25) is 0 Å². The molecule has 7 aromatic carbocycles. The fourth-order valence-corrected chi connectivity index (χ4v) is 12.7. The van der Waals surface area contributed by atoms with Gasteiger partial charge in [-0.15, -0.1) is 0 Å². The van der Waals surface area contributed by atoms with E-state index in [9.17, 15) is 0 Å². The average molecular weight is 659 g/mol. The van der Waals surface area contributed by atoms with Crippen LogP contribution in [0.3, 0.4) is 0 Å². The first-order chi connectivity index (χ1) is 25.9. The normalized spacial score (nSPS) is 13.8. The summed E-state index contributed by atoms with van der Waals surface area (Å²) in [6.45, 7) is -2.26. The highest BCUT2D eigenvalue weighted by atomic mass is 28.3. The van der Waals surface area contributed by atoms with Crippen LogP contribution in [0.1, 0.15) is 9.68 Å². The Bertz CT molecular complexity index is 2500. The lowest BCUT2D eigenvalue weighted by molar-refractivity contribution is 1.07. The summed E-state index contributed by atoms with van der Waals surface area (Å²) in [5.41, 5.74) is 7.08. The second kappa shape index (κ2) is 12.3. The van der Waals surface area contributed by atoms with Gasteiger partial charge in [0.15, 0.2) is 25.5 Å². The lowest BCUT2D eigenvalue weighted by Gasteiger charge is -2.36. The van der Waals surface area contributed by atoms with Gasteiger partial charge in [0.25, 0.3) is 0 Å². The average Bonchev–Trinajstić information content (AvgIpc) is 3.32. The fraction of sp³-hybridized carbons (Fsp3) is 0.0217. The van der Waals surface area contributed by atoms with Crippen LogP contribution in [0.5, 0.6) is 0 Å². The SMILES string of the molecule is [2H]C([2H])([2H])c1ccc2c(c1)-c1ccccc1-c1cc(-c3nc(-c4ccccc4)nc(-c4ccccc4)n3)ccc1[Si]2(c1ccccc1)c1ccccc1. The van der Waals surface area contributed by atoms with Crippen molar-refractivity contribution in [3.63, 3.8) is 0 Å². The van der Waals surface area contributed by atoms with Crippen LogP contribution in [-0.2, 0) is 0 Å². The van der Waals surface area contributed by atoms with E-state index in [1.165, 1.54) is 15.6 Å². The highest BCUT2D eigenvalue weighted by Crippen LogP contribution is 2.38. The Kier molecular flexibility index (Phi) is 6.58. The van der Waals surface area contributed by atoms with Crippen LogP contribution >= 0.6 is 0 Å². The number of nitrogens with zero attached hydrogens (tertiary/aromatic N) is 3. The number of aryl methyl sites for hydroxylation is 1. The van der Waals surface area contributed by atoms with E-state index in [0.717, 1.165) is 44.1 Å². The van der Waals surface area contributed by atoms with Crippen LogP contribution in [0.4, 0.5) is 0 Å². The minimum Gasteiger partial charge on any atom is -0.208 e. The summed E-state index contributed by atoms with van der Waals surface area (Å²) in [5, 5.41) is 4.80. The Morgan fingerprint density at radius 2 is 0.800 bits per heavy atom. The van der Waals surface area contributed by atoms with Crippen LogP contribution in [-0.4, -0.2) is 23.0 Å². The van der Waals surface area contributed by atoms with Crippen LogP contribution < -0.4 is 20.7 Å². The summed E-state index contributed by atoms with van der Waals surface area (Å²) in [6, 6.07) is 62.3. The van der Waals surface area contributed by atoms with Crippen molar-refractivity contribution in [2.75, 3.05) is 0 Å². The summed E-state index contributed by atoms with van der Waals surface area (Å²) in [4.78, 5) is 15.1. The lowest BCUT2D eigenvalue weighted by atomic mass is 9.93. The van der Waals surface area contributed by atoms with Gasteiger partial charge in [0.05, 0.1) is 0 Å². The summed E-state index contributed by atoms with van der Waals surface area (Å²) in [5.74, 6) is 1.79. The van der Waals surface area contributed by atoms with Crippen LogP contribution in [0, 0.1) is 6.85 Å². The van der Waals surface area contributed by atoms with Gasteiger partial charge in [0.2, 0.25) is 0 Å². The molecule has 1 aliphatic heterocycles. The van der Waals surface area contributed by atoms with Crippen molar-refractivity contribution in [3.8, 4) is 56.4 Å². The molecule has 50 heavy (non-hydrogen) atoms. The zero-order valence-corrected chi connectivity index (χ0v) is 28.2. The van der Waals surface area contributed by atoms with Gasteiger partial charge < -0.3 is 0 Å². The maximum Gasteiger partial charge on any atom is 0.180 e. The van der Waals surface area contributed by atoms with Crippen molar-refractivity contribution in [1.29, 1.82) is 0 Å². The molecule has 0 fully saturated rings. The largest absolute Gasteiger partial charge is 0.208 e. The zero-order chi connectivity index (χ0) is 36.0. The van der Waals surface area contributed by atoms with Crippen LogP contribution in [0.2, 0.25) is 0 Å². The summed E-state index contributed by atoms with van der Waals surface area (Å²) in [6.07, 6.45) is 0. The number of rotatable bonds is 5. The molecule has 2 heterocycles. The van der Waals surface area contributed by atoms with Crippen molar-refractivity contribution >= 4 is 28.8 Å². The Morgan fingerprint density at radius 1 is 0.380 bits per heavy atom.